The highest BCUT2D eigenvalue weighted by Crippen LogP contribution is 2.33. The molecule has 5 heteroatoms. The van der Waals surface area contributed by atoms with Crippen molar-refractivity contribution >= 4 is 39.7 Å². The topological polar surface area (TPSA) is 48.1 Å². The van der Waals surface area contributed by atoms with Gasteiger partial charge in [0, 0.05) is 16.6 Å². The molecule has 2 N–H and O–H groups in total. The van der Waals surface area contributed by atoms with Crippen LogP contribution in [0.5, 0.6) is 11.5 Å². The highest BCUT2D eigenvalue weighted by molar-refractivity contribution is 7.80. The Morgan fingerprint density at radius 3 is 2.71 bits per heavy atom. The summed E-state index contributed by atoms with van der Waals surface area (Å²) in [5.74, 6) is 1.21. The molecule has 2 aromatic carbocycles. The number of benzene rings is 2. The molecule has 0 aliphatic heterocycles. The van der Waals surface area contributed by atoms with E-state index in [1.54, 1.807) is 18.3 Å². The van der Waals surface area contributed by atoms with Crippen LogP contribution in [-0.2, 0) is 0 Å². The summed E-state index contributed by atoms with van der Waals surface area (Å²) in [6, 6.07) is 14.8. The molecule has 0 fully saturated rings. The maximum Gasteiger partial charge on any atom is 0.148 e. The molecular weight excluding hydrogens is 304 g/mol. The van der Waals surface area contributed by atoms with E-state index < -0.39 is 0 Å². The number of hydrogen-bond donors (Lipinski definition) is 1. The summed E-state index contributed by atoms with van der Waals surface area (Å²) in [6.45, 7) is 0. The number of nitrogens with zero attached hydrogens (tertiary/aromatic N) is 1. The van der Waals surface area contributed by atoms with Gasteiger partial charge in [0.2, 0.25) is 0 Å². The fourth-order valence-electron chi connectivity index (χ4n) is 2.05. The van der Waals surface area contributed by atoms with Gasteiger partial charge in [0.15, 0.2) is 0 Å². The standard InChI is InChI=1S/C16H11ClN2OS/c17-10-4-3-5-11(8-10)20-15-12-6-1-2-7-14(12)19-9-13(15)16(18)21/h1-9H,(H2,18,21). The van der Waals surface area contributed by atoms with E-state index in [9.17, 15) is 0 Å². The first-order valence-electron chi connectivity index (χ1n) is 6.26. The summed E-state index contributed by atoms with van der Waals surface area (Å²) >= 11 is 11.1. The average Bonchev–Trinajstić information content (AvgIpc) is 2.47. The normalized spacial score (nSPS) is 10.5. The first kappa shape index (κ1) is 13.8. The minimum absolute atomic E-state index is 0.241. The van der Waals surface area contributed by atoms with E-state index in [-0.39, 0.29) is 4.99 Å². The van der Waals surface area contributed by atoms with Crippen LogP contribution in [-0.4, -0.2) is 9.97 Å². The number of pyridine rings is 1. The number of rotatable bonds is 3. The third kappa shape index (κ3) is 2.82. The molecule has 0 atom stereocenters. The molecule has 3 aromatic rings. The van der Waals surface area contributed by atoms with Crippen molar-refractivity contribution in [2.75, 3.05) is 0 Å². The van der Waals surface area contributed by atoms with E-state index in [0.717, 1.165) is 10.9 Å². The van der Waals surface area contributed by atoms with Gasteiger partial charge in [-0.1, -0.05) is 42.0 Å². The van der Waals surface area contributed by atoms with Crippen molar-refractivity contribution in [1.29, 1.82) is 0 Å². The molecule has 0 amide bonds. The second-order valence-corrected chi connectivity index (χ2v) is 5.32. The Labute approximate surface area is 132 Å². The molecule has 1 heterocycles. The molecule has 21 heavy (non-hydrogen) atoms. The first-order valence-corrected chi connectivity index (χ1v) is 7.05. The van der Waals surface area contributed by atoms with Gasteiger partial charge in [-0.2, -0.15) is 0 Å². The van der Waals surface area contributed by atoms with Crippen LogP contribution in [0.15, 0.2) is 54.7 Å². The minimum atomic E-state index is 0.241. The van der Waals surface area contributed by atoms with Crippen LogP contribution in [0, 0.1) is 0 Å². The lowest BCUT2D eigenvalue weighted by molar-refractivity contribution is 0.487. The van der Waals surface area contributed by atoms with Crippen molar-refractivity contribution in [3.8, 4) is 11.5 Å². The highest BCUT2D eigenvalue weighted by Gasteiger charge is 2.13. The van der Waals surface area contributed by atoms with Crippen molar-refractivity contribution in [3.05, 3.63) is 65.3 Å². The van der Waals surface area contributed by atoms with Crippen LogP contribution in [0.1, 0.15) is 5.56 Å². The number of para-hydroxylation sites is 1. The van der Waals surface area contributed by atoms with Crippen molar-refractivity contribution in [1.82, 2.24) is 4.98 Å². The zero-order valence-electron chi connectivity index (χ0n) is 10.9. The van der Waals surface area contributed by atoms with E-state index >= 15 is 0 Å². The summed E-state index contributed by atoms with van der Waals surface area (Å²) in [4.78, 5) is 4.59. The predicted molar refractivity (Wildman–Crippen MR) is 89.2 cm³/mol. The third-order valence-corrected chi connectivity index (χ3v) is 3.46. The summed E-state index contributed by atoms with van der Waals surface area (Å²) in [5.41, 5.74) is 7.19. The Balaban J connectivity index is 2.18. The van der Waals surface area contributed by atoms with Gasteiger partial charge < -0.3 is 10.5 Å². The van der Waals surface area contributed by atoms with Crippen LogP contribution in [0.2, 0.25) is 5.02 Å². The zero-order valence-corrected chi connectivity index (χ0v) is 12.5. The highest BCUT2D eigenvalue weighted by atomic mass is 35.5. The summed E-state index contributed by atoms with van der Waals surface area (Å²) < 4.78 is 5.97. The summed E-state index contributed by atoms with van der Waals surface area (Å²) in [6.07, 6.45) is 1.63. The number of thiocarbonyl (C=S) groups is 1. The quantitative estimate of drug-likeness (QED) is 0.732. The molecule has 104 valence electrons. The zero-order chi connectivity index (χ0) is 14.8. The third-order valence-electron chi connectivity index (χ3n) is 3.01. The number of halogens is 1. The fourth-order valence-corrected chi connectivity index (χ4v) is 2.38. The molecule has 0 unspecified atom stereocenters. The SMILES string of the molecule is NC(=S)c1cnc2ccccc2c1Oc1cccc(Cl)c1. The molecule has 3 nitrogen and oxygen atoms in total. The molecule has 0 saturated heterocycles. The van der Waals surface area contributed by atoms with Crippen molar-refractivity contribution in [3.63, 3.8) is 0 Å². The largest absolute Gasteiger partial charge is 0.456 e. The Hall–Kier alpha value is -2.17. The smallest absolute Gasteiger partial charge is 0.148 e. The van der Waals surface area contributed by atoms with Crippen LogP contribution in [0.25, 0.3) is 10.9 Å². The van der Waals surface area contributed by atoms with E-state index in [2.05, 4.69) is 4.98 Å². The number of hydrogen-bond acceptors (Lipinski definition) is 3. The van der Waals surface area contributed by atoms with Crippen molar-refractivity contribution in [2.45, 2.75) is 0 Å². The van der Waals surface area contributed by atoms with Crippen molar-refractivity contribution < 1.29 is 4.74 Å². The molecule has 0 aliphatic carbocycles. The van der Waals surface area contributed by atoms with Crippen LogP contribution in [0.4, 0.5) is 0 Å². The molecule has 0 aliphatic rings. The van der Waals surface area contributed by atoms with Crippen molar-refractivity contribution in [2.24, 2.45) is 5.73 Å². The lowest BCUT2D eigenvalue weighted by Crippen LogP contribution is -2.11. The van der Waals surface area contributed by atoms with Crippen LogP contribution < -0.4 is 10.5 Å². The van der Waals surface area contributed by atoms with E-state index in [4.69, 9.17) is 34.3 Å². The Morgan fingerprint density at radius 1 is 1.14 bits per heavy atom. The van der Waals surface area contributed by atoms with Gasteiger partial charge in [-0.25, -0.2) is 0 Å². The van der Waals surface area contributed by atoms with E-state index in [0.29, 0.717) is 22.1 Å². The molecule has 0 saturated carbocycles. The van der Waals surface area contributed by atoms with Crippen LogP contribution >= 0.6 is 23.8 Å². The number of fused-ring (bicyclic) bond motifs is 1. The second kappa shape index (κ2) is 5.68. The fraction of sp³-hybridized carbons (Fsp3) is 0. The second-order valence-electron chi connectivity index (χ2n) is 4.44. The molecular formula is C16H11ClN2OS. The molecule has 0 bridgehead atoms. The summed E-state index contributed by atoms with van der Waals surface area (Å²) in [5, 5.41) is 1.45. The van der Waals surface area contributed by atoms with Gasteiger partial charge in [-0.05, 0) is 30.3 Å². The number of nitrogens with two attached hydrogens (primary N) is 1. The van der Waals surface area contributed by atoms with Gasteiger partial charge in [0.25, 0.3) is 0 Å². The van der Waals surface area contributed by atoms with Gasteiger partial charge in [-0.3, -0.25) is 4.98 Å². The van der Waals surface area contributed by atoms with Gasteiger partial charge in [0.1, 0.15) is 16.5 Å². The lowest BCUT2D eigenvalue weighted by Gasteiger charge is -2.13. The number of aromatic nitrogens is 1. The Kier molecular flexibility index (Phi) is 3.73. The first-order chi connectivity index (χ1) is 10.1. The Bertz CT molecular complexity index is 835. The van der Waals surface area contributed by atoms with Gasteiger partial charge in [0.05, 0.1) is 11.1 Å². The maximum absolute atomic E-state index is 5.99. The molecule has 0 spiro atoms. The van der Waals surface area contributed by atoms with E-state index in [1.165, 1.54) is 0 Å². The van der Waals surface area contributed by atoms with Gasteiger partial charge >= 0.3 is 0 Å². The Morgan fingerprint density at radius 2 is 1.95 bits per heavy atom. The molecule has 0 radical (unpaired) electrons. The summed E-state index contributed by atoms with van der Waals surface area (Å²) in [7, 11) is 0. The minimum Gasteiger partial charge on any atom is -0.456 e. The monoisotopic (exact) mass is 314 g/mol. The lowest BCUT2D eigenvalue weighted by atomic mass is 10.1. The average molecular weight is 315 g/mol. The van der Waals surface area contributed by atoms with Gasteiger partial charge in [-0.15, -0.1) is 0 Å². The number of ether oxygens (including phenoxy) is 1. The predicted octanol–water partition coefficient (Wildman–Crippen LogP) is 4.31. The molecule has 3 rings (SSSR count). The maximum atomic E-state index is 5.99. The van der Waals surface area contributed by atoms with Crippen LogP contribution in [0.3, 0.4) is 0 Å². The van der Waals surface area contributed by atoms with E-state index in [1.807, 2.05) is 36.4 Å². The molecule has 1 aromatic heterocycles.